The summed E-state index contributed by atoms with van der Waals surface area (Å²) >= 11 is 0. The van der Waals surface area contributed by atoms with Gasteiger partial charge in [-0.3, -0.25) is 14.6 Å². The van der Waals surface area contributed by atoms with Crippen LogP contribution in [0.4, 0.5) is 5.69 Å². The van der Waals surface area contributed by atoms with Crippen molar-refractivity contribution >= 4 is 29.4 Å². The highest BCUT2D eigenvalue weighted by Gasteiger charge is 2.30. The predicted molar refractivity (Wildman–Crippen MR) is 149 cm³/mol. The number of hydrogen-bond donors (Lipinski definition) is 2. The third kappa shape index (κ3) is 6.65. The fourth-order valence-corrected chi connectivity index (χ4v) is 4.91. The second kappa shape index (κ2) is 11.7. The van der Waals surface area contributed by atoms with Crippen LogP contribution in [0.3, 0.4) is 0 Å². The molecule has 200 valence electrons. The van der Waals surface area contributed by atoms with E-state index in [0.29, 0.717) is 29.6 Å². The SMILES string of the molecule is CC(C)CN(C(=O)C(=O)Nc1ccn2ccnc2c1)[C@H](C)C1=CC(N)=C(C=NC2CCN(C)CC2)CC1.[HH]. The van der Waals surface area contributed by atoms with Crippen molar-refractivity contribution in [2.24, 2.45) is 16.6 Å². The van der Waals surface area contributed by atoms with Crippen LogP contribution in [0.2, 0.25) is 0 Å². The molecule has 0 unspecified atom stereocenters. The van der Waals surface area contributed by atoms with Gasteiger partial charge in [0, 0.05) is 50.2 Å². The zero-order valence-corrected chi connectivity index (χ0v) is 22.4. The highest BCUT2D eigenvalue weighted by Crippen LogP contribution is 2.27. The number of rotatable bonds is 7. The lowest BCUT2D eigenvalue weighted by Gasteiger charge is -2.33. The van der Waals surface area contributed by atoms with Crippen LogP contribution in [0.15, 0.2) is 58.6 Å². The summed E-state index contributed by atoms with van der Waals surface area (Å²) in [5, 5.41) is 2.74. The molecule has 0 saturated carbocycles. The van der Waals surface area contributed by atoms with Crippen molar-refractivity contribution in [1.82, 2.24) is 19.2 Å². The van der Waals surface area contributed by atoms with Crippen LogP contribution in [0, 0.1) is 5.92 Å². The van der Waals surface area contributed by atoms with E-state index in [1.54, 1.807) is 29.4 Å². The van der Waals surface area contributed by atoms with E-state index in [-0.39, 0.29) is 13.4 Å². The standard InChI is InChI=1S/C28H39N7O2.H2/c1-19(2)18-35(28(37)27(36)32-24-9-13-34-14-10-30-26(34)16-24)20(3)21-5-6-22(25(29)15-21)17-31-23-7-11-33(4)12-8-23;/h9-10,13-17,19-20,23H,5-8,11-12,18,29H2,1-4H3,(H,32,36);1H/t20-;/m1./s1. The number of nitrogens with zero attached hydrogens (tertiary/aromatic N) is 5. The number of amides is 2. The van der Waals surface area contributed by atoms with Crippen LogP contribution in [-0.4, -0.2) is 76.0 Å². The molecule has 0 spiro atoms. The summed E-state index contributed by atoms with van der Waals surface area (Å²) in [6.07, 6.45) is 12.9. The Balaban J connectivity index is 0.00000400. The lowest BCUT2D eigenvalue weighted by molar-refractivity contribution is -0.144. The molecule has 2 aromatic heterocycles. The molecule has 9 heteroatoms. The third-order valence-corrected chi connectivity index (χ3v) is 7.20. The van der Waals surface area contributed by atoms with Gasteiger partial charge in [-0.05, 0) is 82.0 Å². The number of allylic oxidation sites excluding steroid dienone is 2. The number of aromatic nitrogens is 2. The molecule has 0 radical (unpaired) electrons. The van der Waals surface area contributed by atoms with Gasteiger partial charge in [0.05, 0.1) is 12.1 Å². The van der Waals surface area contributed by atoms with E-state index < -0.39 is 11.8 Å². The molecule has 0 bridgehead atoms. The van der Waals surface area contributed by atoms with Crippen molar-refractivity contribution in [3.05, 3.63) is 53.6 Å². The minimum absolute atomic E-state index is 0. The van der Waals surface area contributed by atoms with Gasteiger partial charge in [-0.15, -0.1) is 0 Å². The van der Waals surface area contributed by atoms with Crippen LogP contribution < -0.4 is 11.1 Å². The molecule has 4 rings (SSSR count). The summed E-state index contributed by atoms with van der Waals surface area (Å²) in [7, 11) is 2.14. The predicted octanol–water partition coefficient (Wildman–Crippen LogP) is 3.49. The van der Waals surface area contributed by atoms with Gasteiger partial charge in [0.1, 0.15) is 5.65 Å². The minimum Gasteiger partial charge on any atom is -0.398 e. The third-order valence-electron chi connectivity index (χ3n) is 7.20. The van der Waals surface area contributed by atoms with Crippen molar-refractivity contribution in [3.63, 3.8) is 0 Å². The molecule has 9 nitrogen and oxygen atoms in total. The lowest BCUT2D eigenvalue weighted by Crippen LogP contribution is -2.47. The van der Waals surface area contributed by atoms with Crippen LogP contribution in [0.25, 0.3) is 5.65 Å². The average Bonchev–Trinajstić information content (AvgIpc) is 3.34. The number of carbonyl (C=O) groups excluding carboxylic acids is 2. The Bertz CT molecular complexity index is 1220. The Labute approximate surface area is 220 Å². The first-order valence-electron chi connectivity index (χ1n) is 13.2. The number of fused-ring (bicyclic) bond motifs is 1. The largest absolute Gasteiger partial charge is 0.398 e. The van der Waals surface area contributed by atoms with E-state index in [2.05, 4.69) is 22.2 Å². The first kappa shape index (κ1) is 26.6. The quantitative estimate of drug-likeness (QED) is 0.441. The Morgan fingerprint density at radius 2 is 2.03 bits per heavy atom. The zero-order chi connectivity index (χ0) is 26.5. The second-order valence-corrected chi connectivity index (χ2v) is 10.6. The van der Waals surface area contributed by atoms with Gasteiger partial charge in [-0.25, -0.2) is 4.98 Å². The number of carbonyl (C=O) groups is 2. The number of hydrogen-bond acceptors (Lipinski definition) is 6. The number of piperidine rings is 1. The molecule has 1 aliphatic carbocycles. The van der Waals surface area contributed by atoms with Gasteiger partial charge < -0.3 is 25.3 Å². The highest BCUT2D eigenvalue weighted by molar-refractivity contribution is 6.39. The monoisotopic (exact) mass is 507 g/mol. The van der Waals surface area contributed by atoms with Crippen molar-refractivity contribution in [2.45, 2.75) is 58.5 Å². The van der Waals surface area contributed by atoms with Crippen molar-refractivity contribution in [3.8, 4) is 0 Å². The molecule has 1 aliphatic heterocycles. The summed E-state index contributed by atoms with van der Waals surface area (Å²) in [5.74, 6) is -1.01. The fourth-order valence-electron chi connectivity index (χ4n) is 4.91. The maximum Gasteiger partial charge on any atom is 0.313 e. The normalized spacial score (nSPS) is 18.5. The molecule has 3 N–H and O–H groups in total. The molecular weight excluding hydrogens is 466 g/mol. The second-order valence-electron chi connectivity index (χ2n) is 10.6. The average molecular weight is 508 g/mol. The molecule has 1 fully saturated rings. The van der Waals surface area contributed by atoms with Gasteiger partial charge in [0.2, 0.25) is 0 Å². The topological polar surface area (TPSA) is 108 Å². The number of imidazole rings is 1. The molecule has 1 saturated heterocycles. The van der Waals surface area contributed by atoms with Gasteiger partial charge in [0.25, 0.3) is 0 Å². The van der Waals surface area contributed by atoms with Gasteiger partial charge in [0.15, 0.2) is 0 Å². The van der Waals surface area contributed by atoms with E-state index in [1.807, 2.05) is 43.7 Å². The number of pyridine rings is 1. The summed E-state index contributed by atoms with van der Waals surface area (Å²) in [5.41, 5.74) is 10.5. The first-order valence-corrected chi connectivity index (χ1v) is 13.2. The minimum atomic E-state index is -0.658. The Kier molecular flexibility index (Phi) is 8.43. The van der Waals surface area contributed by atoms with E-state index >= 15 is 0 Å². The summed E-state index contributed by atoms with van der Waals surface area (Å²) in [6.45, 7) is 8.67. The number of anilines is 1. The summed E-state index contributed by atoms with van der Waals surface area (Å²) in [4.78, 5) is 39.3. The molecule has 2 aliphatic rings. The van der Waals surface area contributed by atoms with Gasteiger partial charge >= 0.3 is 11.8 Å². The molecule has 37 heavy (non-hydrogen) atoms. The molecule has 2 aromatic rings. The molecule has 1 atom stereocenters. The molecular formula is C28H41N7O2. The van der Waals surface area contributed by atoms with Crippen LogP contribution in [0.1, 0.15) is 47.9 Å². The smallest absolute Gasteiger partial charge is 0.313 e. The lowest BCUT2D eigenvalue weighted by atomic mass is 9.91. The number of likely N-dealkylation sites (tertiary alicyclic amines) is 1. The highest BCUT2D eigenvalue weighted by atomic mass is 16.2. The van der Waals surface area contributed by atoms with Crippen LogP contribution in [-0.2, 0) is 9.59 Å². The summed E-state index contributed by atoms with van der Waals surface area (Å²) < 4.78 is 1.84. The maximum absolute atomic E-state index is 13.3. The van der Waals surface area contributed by atoms with E-state index in [0.717, 1.165) is 49.9 Å². The number of nitrogens with two attached hydrogens (primary N) is 1. The van der Waals surface area contributed by atoms with Crippen LogP contribution >= 0.6 is 0 Å². The van der Waals surface area contributed by atoms with E-state index in [9.17, 15) is 9.59 Å². The van der Waals surface area contributed by atoms with Crippen molar-refractivity contribution < 1.29 is 11.0 Å². The van der Waals surface area contributed by atoms with Crippen molar-refractivity contribution in [1.29, 1.82) is 0 Å². The van der Waals surface area contributed by atoms with Crippen molar-refractivity contribution in [2.75, 3.05) is 32.0 Å². The fraction of sp³-hybridized carbons (Fsp3) is 0.500. The molecule has 2 amide bonds. The van der Waals surface area contributed by atoms with E-state index in [1.165, 1.54) is 0 Å². The summed E-state index contributed by atoms with van der Waals surface area (Å²) in [6, 6.07) is 3.60. The Morgan fingerprint density at radius 1 is 1.27 bits per heavy atom. The Hall–Kier alpha value is -3.46. The number of nitrogens with one attached hydrogen (secondary N) is 1. The van der Waals surface area contributed by atoms with E-state index in [4.69, 9.17) is 10.7 Å². The first-order chi connectivity index (χ1) is 17.7. The van der Waals surface area contributed by atoms with Gasteiger partial charge in [-0.2, -0.15) is 0 Å². The number of aliphatic imine (C=N–C) groups is 1. The van der Waals surface area contributed by atoms with Crippen LogP contribution in [0.5, 0.6) is 0 Å². The molecule has 0 aromatic carbocycles. The Morgan fingerprint density at radius 3 is 2.73 bits per heavy atom. The molecule has 3 heterocycles. The maximum atomic E-state index is 13.3. The zero-order valence-electron chi connectivity index (χ0n) is 22.4. The van der Waals surface area contributed by atoms with Gasteiger partial charge in [-0.1, -0.05) is 13.8 Å².